The maximum Gasteiger partial charge on any atom is 0.219 e. The number of para-hydroxylation sites is 1. The zero-order valence-electron chi connectivity index (χ0n) is 20.3. The van der Waals surface area contributed by atoms with Gasteiger partial charge in [0.25, 0.3) is 0 Å². The SMILES string of the molecule is CCOc1ccc(-c2ccc(-c3cc(-c4ccccc4)[n+]4c(c3)C(C)(C)c3ccccc3-4)o2)cc1. The number of rotatable bonds is 5. The zero-order valence-corrected chi connectivity index (χ0v) is 20.3. The Morgan fingerprint density at radius 1 is 0.714 bits per heavy atom. The third-order valence-electron chi connectivity index (χ3n) is 6.93. The minimum absolute atomic E-state index is 0.124. The van der Waals surface area contributed by atoms with Gasteiger partial charge in [-0.3, -0.25) is 0 Å². The van der Waals surface area contributed by atoms with Gasteiger partial charge in [-0.2, -0.15) is 4.57 Å². The minimum Gasteiger partial charge on any atom is -0.494 e. The van der Waals surface area contributed by atoms with Gasteiger partial charge in [-0.05, 0) is 69.3 Å². The summed E-state index contributed by atoms with van der Waals surface area (Å²) < 4.78 is 14.4. The topological polar surface area (TPSA) is 26.2 Å². The Balaban J connectivity index is 1.50. The number of ether oxygens (including phenoxy) is 1. The number of nitrogens with zero attached hydrogens (tertiary/aromatic N) is 1. The van der Waals surface area contributed by atoms with Gasteiger partial charge in [0, 0.05) is 40.5 Å². The highest BCUT2D eigenvalue weighted by molar-refractivity contribution is 5.71. The largest absolute Gasteiger partial charge is 0.494 e. The Hall–Kier alpha value is -4.11. The first-order valence-corrected chi connectivity index (χ1v) is 12.2. The normalized spacial score (nSPS) is 13.3. The van der Waals surface area contributed by atoms with E-state index in [9.17, 15) is 0 Å². The second kappa shape index (κ2) is 8.28. The first-order chi connectivity index (χ1) is 17.1. The molecule has 3 heteroatoms. The van der Waals surface area contributed by atoms with Crippen molar-refractivity contribution in [2.24, 2.45) is 0 Å². The zero-order chi connectivity index (χ0) is 24.0. The molecular weight excluding hydrogens is 430 g/mol. The van der Waals surface area contributed by atoms with Gasteiger partial charge >= 0.3 is 0 Å². The molecule has 0 N–H and O–H groups in total. The van der Waals surface area contributed by atoms with E-state index in [1.165, 1.54) is 22.5 Å². The van der Waals surface area contributed by atoms with Crippen molar-refractivity contribution in [3.63, 3.8) is 0 Å². The van der Waals surface area contributed by atoms with Gasteiger partial charge in [-0.25, -0.2) is 0 Å². The highest BCUT2D eigenvalue weighted by Gasteiger charge is 2.45. The molecule has 0 unspecified atom stereocenters. The van der Waals surface area contributed by atoms with E-state index in [0.717, 1.165) is 34.1 Å². The Kier molecular flexibility index (Phi) is 5.07. The summed E-state index contributed by atoms with van der Waals surface area (Å²) in [5.74, 6) is 2.58. The molecule has 0 bridgehead atoms. The van der Waals surface area contributed by atoms with E-state index >= 15 is 0 Å². The Bertz CT molecular complexity index is 1510. The van der Waals surface area contributed by atoms with Gasteiger partial charge in [0.15, 0.2) is 5.69 Å². The van der Waals surface area contributed by atoms with E-state index < -0.39 is 0 Å². The molecule has 35 heavy (non-hydrogen) atoms. The van der Waals surface area contributed by atoms with Crippen LogP contribution in [0.15, 0.2) is 108 Å². The average Bonchev–Trinajstić information content (AvgIpc) is 3.47. The molecule has 6 rings (SSSR count). The number of benzene rings is 3. The number of pyridine rings is 1. The number of furan rings is 1. The molecule has 0 aliphatic carbocycles. The summed E-state index contributed by atoms with van der Waals surface area (Å²) in [6, 6.07) is 36.0. The monoisotopic (exact) mass is 458 g/mol. The van der Waals surface area contributed by atoms with E-state index in [1.807, 2.05) is 37.3 Å². The molecule has 5 aromatic rings. The molecule has 3 heterocycles. The van der Waals surface area contributed by atoms with Crippen molar-refractivity contribution in [1.29, 1.82) is 0 Å². The van der Waals surface area contributed by atoms with Gasteiger partial charge < -0.3 is 9.15 Å². The standard InChI is InChI=1S/C32H28NO2/c1-4-34-25-16-14-23(15-17-25)29-18-19-30(35-29)24-20-28(22-10-6-5-7-11-22)33-27-13-9-8-12-26(27)32(2,3)31(33)21-24/h5-21H,4H2,1-3H3/q+1. The lowest BCUT2D eigenvalue weighted by molar-refractivity contribution is -0.588. The molecule has 2 aromatic heterocycles. The molecule has 0 saturated heterocycles. The van der Waals surface area contributed by atoms with Crippen molar-refractivity contribution in [2.45, 2.75) is 26.2 Å². The highest BCUT2D eigenvalue weighted by Crippen LogP contribution is 2.42. The molecule has 0 spiro atoms. The average molecular weight is 459 g/mol. The molecule has 0 amide bonds. The van der Waals surface area contributed by atoms with E-state index in [2.05, 4.69) is 91.2 Å². The fourth-order valence-electron chi connectivity index (χ4n) is 5.14. The van der Waals surface area contributed by atoms with Crippen LogP contribution in [0.25, 0.3) is 39.6 Å². The molecule has 172 valence electrons. The van der Waals surface area contributed by atoms with Crippen LogP contribution in [0.4, 0.5) is 0 Å². The van der Waals surface area contributed by atoms with Crippen molar-refractivity contribution in [3.8, 4) is 45.3 Å². The van der Waals surface area contributed by atoms with Crippen molar-refractivity contribution in [1.82, 2.24) is 0 Å². The van der Waals surface area contributed by atoms with E-state index in [0.29, 0.717) is 6.61 Å². The number of hydrogen-bond acceptors (Lipinski definition) is 2. The number of hydrogen-bond donors (Lipinski definition) is 0. The van der Waals surface area contributed by atoms with Crippen LogP contribution in [0.5, 0.6) is 5.75 Å². The Labute approximate surface area is 206 Å². The fraction of sp³-hybridized carbons (Fsp3) is 0.156. The molecule has 0 saturated carbocycles. The molecule has 3 nitrogen and oxygen atoms in total. The predicted molar refractivity (Wildman–Crippen MR) is 140 cm³/mol. The quantitative estimate of drug-likeness (QED) is 0.254. The van der Waals surface area contributed by atoms with Gasteiger partial charge in [0.05, 0.1) is 12.0 Å². The van der Waals surface area contributed by atoms with Crippen molar-refractivity contribution < 1.29 is 13.7 Å². The summed E-state index contributed by atoms with van der Waals surface area (Å²) in [6.07, 6.45) is 0. The predicted octanol–water partition coefficient (Wildman–Crippen LogP) is 7.60. The van der Waals surface area contributed by atoms with Gasteiger partial charge in [0.2, 0.25) is 11.4 Å². The maximum atomic E-state index is 6.40. The Morgan fingerprint density at radius 2 is 1.40 bits per heavy atom. The molecular formula is C32H28NO2+. The van der Waals surface area contributed by atoms with Crippen molar-refractivity contribution in [2.75, 3.05) is 6.61 Å². The first-order valence-electron chi connectivity index (χ1n) is 12.2. The lowest BCUT2D eigenvalue weighted by Gasteiger charge is -2.15. The van der Waals surface area contributed by atoms with Gasteiger partial charge in [-0.15, -0.1) is 0 Å². The second-order valence-corrected chi connectivity index (χ2v) is 9.48. The lowest BCUT2D eigenvalue weighted by Crippen LogP contribution is -2.37. The van der Waals surface area contributed by atoms with Crippen LogP contribution in [0, 0.1) is 0 Å². The summed E-state index contributed by atoms with van der Waals surface area (Å²) in [4.78, 5) is 0. The second-order valence-electron chi connectivity index (χ2n) is 9.48. The molecule has 1 aliphatic heterocycles. The highest BCUT2D eigenvalue weighted by atomic mass is 16.5. The van der Waals surface area contributed by atoms with Crippen LogP contribution in [-0.2, 0) is 5.41 Å². The van der Waals surface area contributed by atoms with Crippen LogP contribution in [0.3, 0.4) is 0 Å². The summed E-state index contributed by atoms with van der Waals surface area (Å²) in [6.45, 7) is 7.25. The van der Waals surface area contributed by atoms with Crippen molar-refractivity contribution >= 4 is 0 Å². The van der Waals surface area contributed by atoms with E-state index in [-0.39, 0.29) is 5.41 Å². The van der Waals surface area contributed by atoms with E-state index in [4.69, 9.17) is 9.15 Å². The van der Waals surface area contributed by atoms with Gasteiger partial charge in [0.1, 0.15) is 17.3 Å². The minimum atomic E-state index is -0.124. The van der Waals surface area contributed by atoms with Crippen LogP contribution < -0.4 is 9.30 Å². The van der Waals surface area contributed by atoms with Crippen LogP contribution in [0.1, 0.15) is 32.0 Å². The number of aromatic nitrogens is 1. The smallest absolute Gasteiger partial charge is 0.219 e. The summed E-state index contributed by atoms with van der Waals surface area (Å²) in [5.41, 5.74) is 8.17. The van der Waals surface area contributed by atoms with Crippen LogP contribution >= 0.6 is 0 Å². The van der Waals surface area contributed by atoms with Gasteiger partial charge in [-0.1, -0.05) is 36.4 Å². The Morgan fingerprint density at radius 3 is 2.14 bits per heavy atom. The molecule has 0 atom stereocenters. The molecule has 0 fully saturated rings. The summed E-state index contributed by atoms with van der Waals surface area (Å²) >= 11 is 0. The molecule has 0 radical (unpaired) electrons. The van der Waals surface area contributed by atoms with E-state index in [1.54, 1.807) is 0 Å². The molecule has 1 aliphatic rings. The summed E-state index contributed by atoms with van der Waals surface area (Å²) in [7, 11) is 0. The summed E-state index contributed by atoms with van der Waals surface area (Å²) in [5, 5.41) is 0. The first kappa shape index (κ1) is 21.4. The van der Waals surface area contributed by atoms with Crippen molar-refractivity contribution in [3.05, 3.63) is 114 Å². The van der Waals surface area contributed by atoms with Crippen LogP contribution in [-0.4, -0.2) is 6.61 Å². The number of fused-ring (bicyclic) bond motifs is 3. The molecule has 3 aromatic carbocycles. The lowest BCUT2D eigenvalue weighted by atomic mass is 9.83. The third-order valence-corrected chi connectivity index (χ3v) is 6.93. The maximum absolute atomic E-state index is 6.40. The fourth-order valence-corrected chi connectivity index (χ4v) is 5.14. The third kappa shape index (κ3) is 3.55. The van der Waals surface area contributed by atoms with Crippen LogP contribution in [0.2, 0.25) is 0 Å².